The summed E-state index contributed by atoms with van der Waals surface area (Å²) in [4.78, 5) is 10.6. The number of allylic oxidation sites excluding steroid dienone is 3. The third kappa shape index (κ3) is 8.07. The number of aldehydes is 1. The van der Waals surface area contributed by atoms with Gasteiger partial charge >= 0.3 is 0 Å². The van der Waals surface area contributed by atoms with Crippen LogP contribution >= 0.6 is 23.0 Å². The fourth-order valence-electron chi connectivity index (χ4n) is 1.29. The van der Waals surface area contributed by atoms with E-state index in [9.17, 15) is 16.5 Å². The number of hydrogen-bond donors (Lipinski definition) is 1. The summed E-state index contributed by atoms with van der Waals surface area (Å²) >= 11 is 0.0806. The van der Waals surface area contributed by atoms with Crippen LogP contribution in [0.25, 0.3) is 0 Å². The molecule has 0 saturated carbocycles. The molecule has 1 unspecified atom stereocenters. The van der Waals surface area contributed by atoms with Crippen LogP contribution in [-0.4, -0.2) is 28.9 Å². The predicted octanol–water partition coefficient (Wildman–Crippen LogP) is 4.22. The van der Waals surface area contributed by atoms with E-state index in [4.69, 9.17) is 17.0 Å². The Balaban J connectivity index is 4.64. The van der Waals surface area contributed by atoms with Gasteiger partial charge < -0.3 is 0 Å². The van der Waals surface area contributed by atoms with Crippen LogP contribution in [0.15, 0.2) is 23.8 Å². The van der Waals surface area contributed by atoms with E-state index in [0.29, 0.717) is 10.6 Å². The molecule has 0 aromatic heterocycles. The number of nitrogens with zero attached hydrogens (tertiary/aromatic N) is 1. The second-order valence-electron chi connectivity index (χ2n) is 3.81. The molecule has 0 radical (unpaired) electrons. The first-order valence-electron chi connectivity index (χ1n) is 5.47. The maximum Gasteiger partial charge on any atom is 0.278 e. The van der Waals surface area contributed by atoms with Crippen molar-refractivity contribution in [3.8, 4) is 0 Å². The lowest BCUT2D eigenvalue weighted by Crippen LogP contribution is -2.25. The predicted molar refractivity (Wildman–Crippen MR) is 74.2 cm³/mol. The van der Waals surface area contributed by atoms with Crippen LogP contribution in [0, 0.1) is 11.3 Å². The quantitative estimate of drug-likeness (QED) is 0.315. The molecule has 0 amide bonds. The minimum absolute atomic E-state index is 0.0975. The Morgan fingerprint density at radius 1 is 1.47 bits per heavy atom. The van der Waals surface area contributed by atoms with Crippen molar-refractivity contribution in [3.63, 3.8) is 0 Å². The molecule has 1 atom stereocenters. The molecular formula is C11H16ClF3N2OS. The zero-order valence-electron chi connectivity index (χ0n) is 10.6. The lowest BCUT2D eigenvalue weighted by atomic mass is 10.1. The maximum atomic E-state index is 12.6. The normalized spacial score (nSPS) is 15.8. The summed E-state index contributed by atoms with van der Waals surface area (Å²) in [6, 6.07) is 0. The Morgan fingerprint density at radius 2 is 2.05 bits per heavy atom. The smallest absolute Gasteiger partial charge is 0.278 e. The number of halogens is 4. The number of carbonyl (C=O) groups excluding carboxylic acids is 1. The third-order valence-electron chi connectivity index (χ3n) is 2.18. The van der Waals surface area contributed by atoms with Crippen LogP contribution in [0.1, 0.15) is 13.8 Å². The van der Waals surface area contributed by atoms with Crippen molar-refractivity contribution < 1.29 is 16.5 Å². The Hall–Kier alpha value is -0.790. The Kier molecular flexibility index (Phi) is 8.05. The highest BCUT2D eigenvalue weighted by Gasteiger charge is 2.30. The van der Waals surface area contributed by atoms with Gasteiger partial charge in [-0.1, -0.05) is 37.6 Å². The van der Waals surface area contributed by atoms with E-state index >= 15 is 0 Å². The van der Waals surface area contributed by atoms with Gasteiger partial charge in [-0.2, -0.15) is 4.31 Å². The zero-order chi connectivity index (χ0) is 15.1. The van der Waals surface area contributed by atoms with Crippen LogP contribution < -0.4 is 0 Å². The van der Waals surface area contributed by atoms with Crippen LogP contribution in [-0.2, 0) is 4.79 Å². The zero-order valence-corrected chi connectivity index (χ0v) is 12.1. The number of rotatable bonds is 8. The highest BCUT2D eigenvalue weighted by Crippen LogP contribution is 2.56. The summed E-state index contributed by atoms with van der Waals surface area (Å²) in [5.74, 6) is -0.373. The molecule has 0 aliphatic carbocycles. The van der Waals surface area contributed by atoms with Gasteiger partial charge in [-0.05, 0) is 12.0 Å². The first kappa shape index (κ1) is 18.2. The topological polar surface area (TPSA) is 44.2 Å². The fourth-order valence-corrected chi connectivity index (χ4v) is 2.11. The summed E-state index contributed by atoms with van der Waals surface area (Å²) in [6.07, 6.45) is 4.49. The van der Waals surface area contributed by atoms with Crippen LogP contribution in [0.3, 0.4) is 0 Å². The molecule has 0 aromatic carbocycles. The van der Waals surface area contributed by atoms with E-state index < -0.39 is 11.4 Å². The van der Waals surface area contributed by atoms with Crippen molar-refractivity contribution in [3.05, 3.63) is 23.8 Å². The number of nitrogens with one attached hydrogen (secondary N) is 1. The van der Waals surface area contributed by atoms with Gasteiger partial charge in [0.1, 0.15) is 11.5 Å². The second kappa shape index (κ2) is 8.39. The molecule has 1 N–H and O–H groups in total. The van der Waals surface area contributed by atoms with Gasteiger partial charge in [0.2, 0.25) is 0 Å². The maximum absolute atomic E-state index is 12.6. The van der Waals surface area contributed by atoms with Gasteiger partial charge in [0, 0.05) is 18.7 Å². The van der Waals surface area contributed by atoms with Crippen LogP contribution in [0.4, 0.5) is 11.7 Å². The molecule has 0 aromatic rings. The molecule has 0 aliphatic heterocycles. The molecule has 110 valence electrons. The van der Waals surface area contributed by atoms with Gasteiger partial charge in [0.05, 0.1) is 0 Å². The SMILES string of the molecule is CCN(CC(C)/C=C\C(C=O)=C/C(=N)Cl)S(F)(F)F. The minimum atomic E-state index is -5.21. The molecule has 0 spiro atoms. The third-order valence-corrected chi connectivity index (χ3v) is 3.29. The van der Waals surface area contributed by atoms with Gasteiger partial charge in [0.25, 0.3) is 11.4 Å². The van der Waals surface area contributed by atoms with Gasteiger partial charge in [0.15, 0.2) is 0 Å². The Labute approximate surface area is 117 Å². The van der Waals surface area contributed by atoms with Crippen molar-refractivity contribution in [2.45, 2.75) is 13.8 Å². The average molecular weight is 317 g/mol. The Morgan fingerprint density at radius 3 is 2.42 bits per heavy atom. The van der Waals surface area contributed by atoms with Crippen LogP contribution in [0.5, 0.6) is 0 Å². The van der Waals surface area contributed by atoms with Crippen LogP contribution in [0.2, 0.25) is 0 Å². The lowest BCUT2D eigenvalue weighted by molar-refractivity contribution is -0.104. The number of hydrogen-bond acceptors (Lipinski definition) is 3. The summed E-state index contributed by atoms with van der Waals surface area (Å²) in [5.41, 5.74) is 0.147. The fraction of sp³-hybridized carbons (Fsp3) is 0.455. The summed E-state index contributed by atoms with van der Waals surface area (Å²) in [7, 11) is 0. The first-order valence-corrected chi connectivity index (χ1v) is 7.14. The molecule has 0 saturated heterocycles. The van der Waals surface area contributed by atoms with Crippen molar-refractivity contribution in [1.82, 2.24) is 4.31 Å². The van der Waals surface area contributed by atoms with E-state index in [2.05, 4.69) is 0 Å². The monoisotopic (exact) mass is 316 g/mol. The molecule has 0 bridgehead atoms. The molecule has 3 nitrogen and oxygen atoms in total. The summed E-state index contributed by atoms with van der Waals surface area (Å²) in [5, 5.41) is 6.67. The second-order valence-corrected chi connectivity index (χ2v) is 5.50. The van der Waals surface area contributed by atoms with Gasteiger partial charge in [-0.25, -0.2) is 0 Å². The summed E-state index contributed by atoms with van der Waals surface area (Å²) in [6.45, 7) is 2.82. The molecule has 8 heteroatoms. The van der Waals surface area contributed by atoms with E-state index in [1.54, 1.807) is 6.92 Å². The first-order chi connectivity index (χ1) is 8.70. The number of carbonyl (C=O) groups is 1. The van der Waals surface area contributed by atoms with Crippen molar-refractivity contribution in [1.29, 1.82) is 5.41 Å². The van der Waals surface area contributed by atoms with Crippen molar-refractivity contribution in [2.75, 3.05) is 13.1 Å². The molecule has 0 fully saturated rings. The van der Waals surface area contributed by atoms with E-state index in [1.807, 2.05) is 0 Å². The summed E-state index contributed by atoms with van der Waals surface area (Å²) < 4.78 is 38.2. The lowest BCUT2D eigenvalue weighted by Gasteiger charge is -2.27. The highest BCUT2D eigenvalue weighted by molar-refractivity contribution is 8.18. The van der Waals surface area contributed by atoms with E-state index in [1.165, 1.54) is 19.1 Å². The molecule has 19 heavy (non-hydrogen) atoms. The van der Waals surface area contributed by atoms with Crippen molar-refractivity contribution >= 4 is 34.4 Å². The van der Waals surface area contributed by atoms with E-state index in [0.717, 1.165) is 6.08 Å². The van der Waals surface area contributed by atoms with Crippen molar-refractivity contribution in [2.24, 2.45) is 5.92 Å². The highest BCUT2D eigenvalue weighted by atomic mass is 35.5. The minimum Gasteiger partial charge on any atom is -0.298 e. The Bertz CT molecular complexity index is 383. The largest absolute Gasteiger partial charge is 0.298 e. The van der Waals surface area contributed by atoms with Gasteiger partial charge in [-0.15, -0.1) is 11.7 Å². The van der Waals surface area contributed by atoms with E-state index in [-0.39, 0.29) is 29.8 Å². The molecule has 0 heterocycles. The molecule has 0 rings (SSSR count). The standard InChI is InChI=1S/C11H16ClF3N2OS/c1-3-17(19(13,14)15)7-9(2)4-5-10(8-18)6-11(12)16/h4-6,8-9,16H,3,7H2,1-2H3/b5-4-,10-6+,16-11?. The van der Waals surface area contributed by atoms with Gasteiger partial charge in [-0.3, -0.25) is 10.2 Å². The molecular weight excluding hydrogens is 301 g/mol. The molecule has 0 aliphatic rings. The average Bonchev–Trinajstić information content (AvgIpc) is 2.29.